The number of rotatable bonds is 2. The quantitative estimate of drug-likeness (QED) is 0.558. The van der Waals surface area contributed by atoms with Gasteiger partial charge in [0.05, 0.1) is 5.39 Å². The second-order valence-corrected chi connectivity index (χ2v) is 6.81. The maximum absolute atomic E-state index is 5.95. The zero-order valence-corrected chi connectivity index (χ0v) is 13.9. The predicted octanol–water partition coefficient (Wildman–Crippen LogP) is 5.52. The summed E-state index contributed by atoms with van der Waals surface area (Å²) < 4.78 is 6.92. The fourth-order valence-corrected chi connectivity index (χ4v) is 3.19. The molecule has 0 fully saturated rings. The van der Waals surface area contributed by atoms with Gasteiger partial charge in [0.25, 0.3) is 0 Å². The maximum atomic E-state index is 5.95. The molecule has 0 spiro atoms. The van der Waals surface area contributed by atoms with Gasteiger partial charge in [0.2, 0.25) is 11.2 Å². The highest BCUT2D eigenvalue weighted by molar-refractivity contribution is 9.10. The van der Waals surface area contributed by atoms with Crippen LogP contribution in [0.4, 0.5) is 0 Å². The topological polar surface area (TPSA) is 35.0 Å². The second-order valence-electron chi connectivity index (χ2n) is 4.39. The fourth-order valence-electron chi connectivity index (χ4n) is 1.86. The number of ether oxygens (including phenoxy) is 1. The molecule has 0 aliphatic carbocycles. The van der Waals surface area contributed by atoms with Crippen LogP contribution in [0.2, 0.25) is 5.28 Å². The highest BCUT2D eigenvalue weighted by atomic mass is 79.9. The molecule has 0 saturated carbocycles. The molecule has 3 rings (SSSR count). The van der Waals surface area contributed by atoms with Crippen LogP contribution in [-0.4, -0.2) is 9.97 Å². The molecule has 2 aromatic heterocycles. The third-order valence-corrected chi connectivity index (χ3v) is 4.80. The molecule has 3 nitrogen and oxygen atoms in total. The Labute approximate surface area is 133 Å². The Morgan fingerprint density at radius 3 is 2.75 bits per heavy atom. The lowest BCUT2D eigenvalue weighted by atomic mass is 10.2. The Balaban J connectivity index is 2.07. The van der Waals surface area contributed by atoms with Crippen LogP contribution in [0.5, 0.6) is 11.6 Å². The van der Waals surface area contributed by atoms with E-state index in [-0.39, 0.29) is 5.28 Å². The van der Waals surface area contributed by atoms with Crippen LogP contribution >= 0.6 is 38.9 Å². The van der Waals surface area contributed by atoms with Gasteiger partial charge in [-0.1, -0.05) is 15.9 Å². The van der Waals surface area contributed by atoms with Gasteiger partial charge < -0.3 is 4.74 Å². The minimum Gasteiger partial charge on any atom is -0.438 e. The lowest BCUT2D eigenvalue weighted by Gasteiger charge is -2.07. The van der Waals surface area contributed by atoms with E-state index < -0.39 is 0 Å². The van der Waals surface area contributed by atoms with E-state index in [4.69, 9.17) is 16.3 Å². The van der Waals surface area contributed by atoms with Crippen LogP contribution in [0.25, 0.3) is 10.2 Å². The SMILES string of the molecule is Cc1cc2c(Oc3ccc(Br)c(C)c3)nc(Cl)nc2s1. The molecule has 0 atom stereocenters. The van der Waals surface area contributed by atoms with E-state index in [9.17, 15) is 0 Å². The third-order valence-electron chi connectivity index (χ3n) is 2.80. The van der Waals surface area contributed by atoms with Gasteiger partial charge in [-0.2, -0.15) is 4.98 Å². The first-order valence-electron chi connectivity index (χ1n) is 5.90. The molecule has 2 heterocycles. The number of fused-ring (bicyclic) bond motifs is 1. The van der Waals surface area contributed by atoms with Crippen molar-refractivity contribution in [2.24, 2.45) is 0 Å². The smallest absolute Gasteiger partial charge is 0.232 e. The number of aryl methyl sites for hydroxylation is 2. The monoisotopic (exact) mass is 368 g/mol. The van der Waals surface area contributed by atoms with Crippen molar-refractivity contribution in [2.45, 2.75) is 13.8 Å². The number of hydrogen-bond donors (Lipinski definition) is 0. The van der Waals surface area contributed by atoms with E-state index in [1.165, 1.54) is 0 Å². The summed E-state index contributed by atoms with van der Waals surface area (Å²) in [5.74, 6) is 1.22. The minimum atomic E-state index is 0.197. The van der Waals surface area contributed by atoms with Crippen molar-refractivity contribution < 1.29 is 4.74 Å². The molecule has 0 aliphatic heterocycles. The average molecular weight is 370 g/mol. The van der Waals surface area contributed by atoms with Gasteiger partial charge >= 0.3 is 0 Å². The molecule has 6 heteroatoms. The van der Waals surface area contributed by atoms with Gasteiger partial charge in [-0.05, 0) is 55.3 Å². The summed E-state index contributed by atoms with van der Waals surface area (Å²) in [6.45, 7) is 4.03. The largest absolute Gasteiger partial charge is 0.438 e. The van der Waals surface area contributed by atoms with E-state index in [0.29, 0.717) is 5.88 Å². The first-order valence-corrected chi connectivity index (χ1v) is 7.89. The van der Waals surface area contributed by atoms with E-state index >= 15 is 0 Å². The van der Waals surface area contributed by atoms with Crippen LogP contribution < -0.4 is 4.74 Å². The van der Waals surface area contributed by atoms with E-state index in [1.54, 1.807) is 11.3 Å². The van der Waals surface area contributed by atoms with Crippen LogP contribution in [0.3, 0.4) is 0 Å². The van der Waals surface area contributed by atoms with Crippen molar-refractivity contribution >= 4 is 49.1 Å². The summed E-state index contributed by atoms with van der Waals surface area (Å²) in [4.78, 5) is 10.4. The van der Waals surface area contributed by atoms with Gasteiger partial charge in [0.15, 0.2) is 0 Å². The van der Waals surface area contributed by atoms with Gasteiger partial charge in [0, 0.05) is 9.35 Å². The molecule has 0 N–H and O–H groups in total. The zero-order chi connectivity index (χ0) is 14.3. The van der Waals surface area contributed by atoms with Crippen molar-refractivity contribution in [3.05, 3.63) is 44.5 Å². The van der Waals surface area contributed by atoms with Gasteiger partial charge in [-0.3, -0.25) is 0 Å². The molecule has 0 aliphatic rings. The van der Waals surface area contributed by atoms with E-state index in [1.807, 2.05) is 38.1 Å². The first kappa shape index (κ1) is 13.8. The van der Waals surface area contributed by atoms with Crippen LogP contribution in [0.1, 0.15) is 10.4 Å². The molecular formula is C14H10BrClN2OS. The molecule has 0 unspecified atom stereocenters. The number of nitrogens with zero attached hydrogens (tertiary/aromatic N) is 2. The predicted molar refractivity (Wildman–Crippen MR) is 86.1 cm³/mol. The Morgan fingerprint density at radius 2 is 2.00 bits per heavy atom. The van der Waals surface area contributed by atoms with Crippen molar-refractivity contribution in [2.75, 3.05) is 0 Å². The van der Waals surface area contributed by atoms with Gasteiger partial charge in [-0.25, -0.2) is 4.98 Å². The number of benzene rings is 1. The highest BCUT2D eigenvalue weighted by Crippen LogP contribution is 2.34. The Kier molecular flexibility index (Phi) is 3.67. The first-order chi connectivity index (χ1) is 9.52. The number of thiophene rings is 1. The summed E-state index contributed by atoms with van der Waals surface area (Å²) >= 11 is 11.0. The molecule has 0 saturated heterocycles. The standard InChI is InChI=1S/C14H10BrClN2OS/c1-7-5-9(3-4-11(7)15)19-12-10-6-8(2)20-13(10)18-14(16)17-12/h3-6H,1-2H3. The van der Waals surface area contributed by atoms with E-state index in [0.717, 1.165) is 30.9 Å². The highest BCUT2D eigenvalue weighted by Gasteiger charge is 2.12. The zero-order valence-electron chi connectivity index (χ0n) is 10.8. The molecule has 1 aromatic carbocycles. The maximum Gasteiger partial charge on any atom is 0.232 e. The van der Waals surface area contributed by atoms with Crippen molar-refractivity contribution in [1.29, 1.82) is 0 Å². The van der Waals surface area contributed by atoms with Gasteiger partial charge in [-0.15, -0.1) is 11.3 Å². The summed E-state index contributed by atoms with van der Waals surface area (Å²) in [6, 6.07) is 7.80. The summed E-state index contributed by atoms with van der Waals surface area (Å²) in [5, 5.41) is 1.08. The normalized spacial score (nSPS) is 11.0. The van der Waals surface area contributed by atoms with E-state index in [2.05, 4.69) is 25.9 Å². The Hall–Kier alpha value is -1.17. The minimum absolute atomic E-state index is 0.197. The number of aromatic nitrogens is 2. The van der Waals surface area contributed by atoms with Gasteiger partial charge in [0.1, 0.15) is 10.6 Å². The van der Waals surface area contributed by atoms with Crippen molar-refractivity contribution in [3.63, 3.8) is 0 Å². The Bertz CT molecular complexity index is 803. The molecule has 3 aromatic rings. The fraction of sp³-hybridized carbons (Fsp3) is 0.143. The van der Waals surface area contributed by atoms with Crippen LogP contribution in [0.15, 0.2) is 28.7 Å². The number of hydrogen-bond acceptors (Lipinski definition) is 4. The second kappa shape index (κ2) is 5.31. The van der Waals surface area contributed by atoms with Crippen LogP contribution in [-0.2, 0) is 0 Å². The molecule has 20 heavy (non-hydrogen) atoms. The van der Waals surface area contributed by atoms with Crippen molar-refractivity contribution in [3.8, 4) is 11.6 Å². The Morgan fingerprint density at radius 1 is 1.20 bits per heavy atom. The third kappa shape index (κ3) is 2.66. The molecule has 0 radical (unpaired) electrons. The lowest BCUT2D eigenvalue weighted by molar-refractivity contribution is 0.468. The average Bonchev–Trinajstić information content (AvgIpc) is 2.74. The molecule has 102 valence electrons. The summed E-state index contributed by atoms with van der Waals surface area (Å²) in [6.07, 6.45) is 0. The number of halogens is 2. The molecular weight excluding hydrogens is 360 g/mol. The summed E-state index contributed by atoms with van der Waals surface area (Å²) in [7, 11) is 0. The molecule has 0 bridgehead atoms. The summed E-state index contributed by atoms with van der Waals surface area (Å²) in [5.41, 5.74) is 1.10. The lowest BCUT2D eigenvalue weighted by Crippen LogP contribution is -1.91. The molecule has 0 amide bonds. The van der Waals surface area contributed by atoms with Crippen molar-refractivity contribution in [1.82, 2.24) is 9.97 Å². The van der Waals surface area contributed by atoms with Crippen LogP contribution in [0, 0.1) is 13.8 Å².